The molecule has 0 saturated carbocycles. The van der Waals surface area contributed by atoms with Gasteiger partial charge in [-0.25, -0.2) is 9.97 Å². The van der Waals surface area contributed by atoms with Crippen molar-refractivity contribution in [3.63, 3.8) is 0 Å². The topological polar surface area (TPSA) is 58.6 Å². The zero-order valence-corrected chi connectivity index (χ0v) is 7.61. The van der Waals surface area contributed by atoms with Crippen molar-refractivity contribution in [1.82, 2.24) is 15.0 Å². The van der Waals surface area contributed by atoms with Crippen LogP contribution in [0.2, 0.25) is 0 Å². The highest BCUT2D eigenvalue weighted by atomic mass is 16.1. The Morgan fingerprint density at radius 2 is 2.08 bits per heavy atom. The number of pyridine rings is 1. The fourth-order valence-electron chi connectivity index (χ4n) is 0.874. The predicted molar refractivity (Wildman–Crippen MR) is 51.5 cm³/mol. The molecule has 0 aliphatic carbocycles. The molecule has 2 aromatic rings. The van der Waals surface area contributed by atoms with Gasteiger partial charge in [-0.2, -0.15) is 0 Å². The molecular weight excluding hydrogens is 166 g/mol. The van der Waals surface area contributed by atoms with Gasteiger partial charge in [-0.05, 0) is 12.1 Å². The van der Waals surface area contributed by atoms with Crippen LogP contribution in [0.3, 0.4) is 0 Å². The van der Waals surface area contributed by atoms with E-state index < -0.39 is 0 Å². The normalized spacial score (nSPS) is 9.08. The van der Waals surface area contributed by atoms with Gasteiger partial charge in [0.05, 0.1) is 6.20 Å². The maximum absolute atomic E-state index is 10.7. The summed E-state index contributed by atoms with van der Waals surface area (Å²) in [5.74, 6) is 0. The molecule has 0 unspecified atom stereocenters. The summed E-state index contributed by atoms with van der Waals surface area (Å²) in [4.78, 5) is 21.1. The standard InChI is InChI=1S/C7H5N3O.C2H6/c11-6-4-9-5-2-1-3-8-7(5)10-6;1-2/h1-4H,(H,8,10,11);1-2H3. The smallest absolute Gasteiger partial charge is 0.268 e. The van der Waals surface area contributed by atoms with Crippen LogP contribution in [-0.4, -0.2) is 15.0 Å². The highest BCUT2D eigenvalue weighted by molar-refractivity contribution is 5.67. The molecule has 0 radical (unpaired) electrons. The van der Waals surface area contributed by atoms with Crippen molar-refractivity contribution < 1.29 is 0 Å². The SMILES string of the molecule is CC.O=c1cnc2cccnc2[nH]1. The van der Waals surface area contributed by atoms with E-state index >= 15 is 0 Å². The van der Waals surface area contributed by atoms with E-state index in [2.05, 4.69) is 15.0 Å². The summed E-state index contributed by atoms with van der Waals surface area (Å²) in [6.45, 7) is 4.00. The molecule has 0 bridgehead atoms. The average Bonchev–Trinajstić information content (AvgIpc) is 2.21. The van der Waals surface area contributed by atoms with Crippen molar-refractivity contribution in [2.75, 3.05) is 0 Å². The molecule has 4 nitrogen and oxygen atoms in total. The molecule has 0 aliphatic rings. The van der Waals surface area contributed by atoms with Crippen LogP contribution >= 0.6 is 0 Å². The quantitative estimate of drug-likeness (QED) is 0.660. The Morgan fingerprint density at radius 1 is 1.31 bits per heavy atom. The van der Waals surface area contributed by atoms with Gasteiger partial charge in [0.1, 0.15) is 5.52 Å². The Labute approximate surface area is 75.7 Å². The Morgan fingerprint density at radius 3 is 2.85 bits per heavy atom. The first kappa shape index (κ1) is 9.38. The van der Waals surface area contributed by atoms with E-state index in [4.69, 9.17) is 0 Å². The molecular formula is C9H11N3O. The van der Waals surface area contributed by atoms with Gasteiger partial charge in [0.25, 0.3) is 5.56 Å². The van der Waals surface area contributed by atoms with Crippen molar-refractivity contribution in [2.45, 2.75) is 13.8 Å². The molecule has 1 N–H and O–H groups in total. The number of hydrogen-bond donors (Lipinski definition) is 1. The van der Waals surface area contributed by atoms with Gasteiger partial charge >= 0.3 is 0 Å². The predicted octanol–water partition coefficient (Wildman–Crippen LogP) is 1.34. The molecule has 0 spiro atoms. The highest BCUT2D eigenvalue weighted by Gasteiger charge is 1.92. The molecule has 2 heterocycles. The summed E-state index contributed by atoms with van der Waals surface area (Å²) in [5, 5.41) is 0. The van der Waals surface area contributed by atoms with E-state index in [0.29, 0.717) is 11.2 Å². The van der Waals surface area contributed by atoms with E-state index in [1.165, 1.54) is 6.20 Å². The van der Waals surface area contributed by atoms with Gasteiger partial charge in [0.2, 0.25) is 0 Å². The summed E-state index contributed by atoms with van der Waals surface area (Å²) in [5.41, 5.74) is 1.00. The van der Waals surface area contributed by atoms with Crippen LogP contribution in [0.25, 0.3) is 11.2 Å². The number of hydrogen-bond acceptors (Lipinski definition) is 3. The molecule has 0 fully saturated rings. The van der Waals surface area contributed by atoms with Gasteiger partial charge in [0.15, 0.2) is 5.65 Å². The van der Waals surface area contributed by atoms with Crippen LogP contribution in [0.1, 0.15) is 13.8 Å². The fourth-order valence-corrected chi connectivity index (χ4v) is 0.874. The van der Waals surface area contributed by atoms with Crippen molar-refractivity contribution >= 4 is 11.2 Å². The number of nitrogens with zero attached hydrogens (tertiary/aromatic N) is 2. The van der Waals surface area contributed by atoms with Crippen LogP contribution in [0, 0.1) is 0 Å². The van der Waals surface area contributed by atoms with Crippen molar-refractivity contribution in [2.24, 2.45) is 0 Å². The molecule has 2 aromatic heterocycles. The Bertz CT molecular complexity index is 436. The minimum absolute atomic E-state index is 0.226. The zero-order chi connectivity index (χ0) is 9.68. The molecule has 0 aromatic carbocycles. The molecule has 0 aliphatic heterocycles. The van der Waals surface area contributed by atoms with Crippen molar-refractivity contribution in [3.8, 4) is 0 Å². The van der Waals surface area contributed by atoms with Crippen LogP contribution in [0.4, 0.5) is 0 Å². The Kier molecular flexibility index (Phi) is 3.14. The summed E-state index contributed by atoms with van der Waals surface area (Å²) in [6, 6.07) is 3.56. The molecule has 13 heavy (non-hydrogen) atoms. The van der Waals surface area contributed by atoms with Gasteiger partial charge in [-0.1, -0.05) is 13.8 Å². The van der Waals surface area contributed by atoms with Gasteiger partial charge < -0.3 is 4.98 Å². The Balaban J connectivity index is 0.000000396. The average molecular weight is 177 g/mol. The largest absolute Gasteiger partial charge is 0.304 e. The number of aromatic nitrogens is 3. The number of nitrogens with one attached hydrogen (secondary N) is 1. The van der Waals surface area contributed by atoms with Gasteiger partial charge in [-0.3, -0.25) is 4.79 Å². The van der Waals surface area contributed by atoms with E-state index in [0.717, 1.165) is 0 Å². The lowest BCUT2D eigenvalue weighted by Gasteiger charge is -1.91. The first-order chi connectivity index (χ1) is 6.36. The maximum atomic E-state index is 10.7. The number of H-pyrrole nitrogens is 1. The molecule has 2 rings (SSSR count). The lowest BCUT2D eigenvalue weighted by Crippen LogP contribution is -2.05. The van der Waals surface area contributed by atoms with Crippen LogP contribution in [0.5, 0.6) is 0 Å². The monoisotopic (exact) mass is 177 g/mol. The third-order valence-electron chi connectivity index (χ3n) is 1.35. The fraction of sp³-hybridized carbons (Fsp3) is 0.222. The van der Waals surface area contributed by atoms with Crippen LogP contribution in [0.15, 0.2) is 29.3 Å². The van der Waals surface area contributed by atoms with Gasteiger partial charge in [0, 0.05) is 6.20 Å². The third-order valence-corrected chi connectivity index (χ3v) is 1.35. The van der Waals surface area contributed by atoms with E-state index in [9.17, 15) is 4.79 Å². The van der Waals surface area contributed by atoms with E-state index in [1.807, 2.05) is 13.8 Å². The second-order valence-electron chi connectivity index (χ2n) is 2.12. The van der Waals surface area contributed by atoms with Crippen LogP contribution < -0.4 is 5.56 Å². The van der Waals surface area contributed by atoms with Crippen molar-refractivity contribution in [1.29, 1.82) is 0 Å². The number of aromatic amines is 1. The Hall–Kier alpha value is -1.71. The molecule has 0 saturated heterocycles. The summed E-state index contributed by atoms with van der Waals surface area (Å²) >= 11 is 0. The van der Waals surface area contributed by atoms with E-state index in [-0.39, 0.29) is 5.56 Å². The summed E-state index contributed by atoms with van der Waals surface area (Å²) in [7, 11) is 0. The lowest BCUT2D eigenvalue weighted by atomic mass is 10.4. The van der Waals surface area contributed by atoms with Gasteiger partial charge in [-0.15, -0.1) is 0 Å². The first-order valence-corrected chi connectivity index (χ1v) is 4.16. The number of rotatable bonds is 0. The van der Waals surface area contributed by atoms with E-state index in [1.54, 1.807) is 18.3 Å². The third kappa shape index (κ3) is 2.11. The van der Waals surface area contributed by atoms with Crippen LogP contribution in [-0.2, 0) is 0 Å². The summed E-state index contributed by atoms with van der Waals surface area (Å²) in [6.07, 6.45) is 2.85. The minimum atomic E-state index is -0.226. The highest BCUT2D eigenvalue weighted by Crippen LogP contribution is 1.98. The lowest BCUT2D eigenvalue weighted by molar-refractivity contribution is 1.17. The summed E-state index contributed by atoms with van der Waals surface area (Å²) < 4.78 is 0. The molecule has 0 amide bonds. The minimum Gasteiger partial charge on any atom is -0.304 e. The zero-order valence-electron chi connectivity index (χ0n) is 7.61. The molecule has 68 valence electrons. The second kappa shape index (κ2) is 4.35. The van der Waals surface area contributed by atoms with Crippen molar-refractivity contribution in [3.05, 3.63) is 34.9 Å². The first-order valence-electron chi connectivity index (χ1n) is 4.16. The molecule has 4 heteroatoms. The number of fused-ring (bicyclic) bond motifs is 1. The molecule has 0 atom stereocenters. The maximum Gasteiger partial charge on any atom is 0.268 e. The second-order valence-corrected chi connectivity index (χ2v) is 2.12.